The molecule has 17 heavy (non-hydrogen) atoms. The van der Waals surface area contributed by atoms with Crippen molar-refractivity contribution in [3.63, 3.8) is 0 Å². The molecule has 1 heterocycles. The Morgan fingerprint density at radius 2 is 2.00 bits per heavy atom. The molecule has 0 saturated heterocycles. The molecular formula is C12H10N2O3. The minimum absolute atomic E-state index is 0.192. The molecule has 86 valence electrons. The van der Waals surface area contributed by atoms with Crippen LogP contribution in [0.1, 0.15) is 5.56 Å². The van der Waals surface area contributed by atoms with Gasteiger partial charge in [0.25, 0.3) is 0 Å². The molecule has 1 aromatic heterocycles. The number of hydrogen-bond acceptors (Lipinski definition) is 4. The molecule has 0 N–H and O–H groups in total. The Balaban J connectivity index is 2.20. The zero-order chi connectivity index (χ0) is 12.3. The van der Waals surface area contributed by atoms with Crippen LogP contribution >= 0.6 is 0 Å². The summed E-state index contributed by atoms with van der Waals surface area (Å²) in [6.45, 7) is 1.92. The molecule has 5 heteroatoms. The molecular weight excluding hydrogens is 220 g/mol. The lowest BCUT2D eigenvalue weighted by atomic mass is 10.2. The Labute approximate surface area is 97.8 Å². The van der Waals surface area contributed by atoms with Crippen molar-refractivity contribution in [3.8, 4) is 11.5 Å². The molecule has 0 aliphatic carbocycles. The van der Waals surface area contributed by atoms with Gasteiger partial charge in [-0.3, -0.25) is 0 Å². The van der Waals surface area contributed by atoms with E-state index in [1.165, 1.54) is 18.3 Å². The van der Waals surface area contributed by atoms with Crippen LogP contribution in [-0.4, -0.2) is 9.91 Å². The van der Waals surface area contributed by atoms with Crippen molar-refractivity contribution in [2.45, 2.75) is 6.92 Å². The molecule has 0 amide bonds. The van der Waals surface area contributed by atoms with Gasteiger partial charge in [0.05, 0.1) is 0 Å². The zero-order valence-corrected chi connectivity index (χ0v) is 9.16. The molecule has 2 aromatic rings. The van der Waals surface area contributed by atoms with Gasteiger partial charge in [-0.2, -0.15) is 0 Å². The molecule has 0 aliphatic heterocycles. The number of rotatable bonds is 3. The number of benzene rings is 1. The van der Waals surface area contributed by atoms with Crippen molar-refractivity contribution in [1.82, 2.24) is 4.98 Å². The van der Waals surface area contributed by atoms with Crippen LogP contribution in [0.25, 0.3) is 0 Å². The Hall–Kier alpha value is -2.43. The highest BCUT2D eigenvalue weighted by Crippen LogP contribution is 2.24. The van der Waals surface area contributed by atoms with E-state index in [1.807, 2.05) is 31.2 Å². The van der Waals surface area contributed by atoms with Gasteiger partial charge in [-0.05, 0) is 34.5 Å². The van der Waals surface area contributed by atoms with Crippen LogP contribution < -0.4 is 4.74 Å². The summed E-state index contributed by atoms with van der Waals surface area (Å²) in [5, 5.41) is 10.4. The second-order valence-electron chi connectivity index (χ2n) is 3.48. The third-order valence-corrected chi connectivity index (χ3v) is 2.23. The largest absolute Gasteiger partial charge is 0.453 e. The van der Waals surface area contributed by atoms with Crippen LogP contribution in [0.3, 0.4) is 0 Å². The zero-order valence-electron chi connectivity index (χ0n) is 9.16. The van der Waals surface area contributed by atoms with Gasteiger partial charge in [0.1, 0.15) is 5.75 Å². The average Bonchev–Trinajstić information content (AvgIpc) is 2.33. The van der Waals surface area contributed by atoms with Crippen molar-refractivity contribution in [1.29, 1.82) is 0 Å². The highest BCUT2D eigenvalue weighted by Gasteiger charge is 2.08. The highest BCUT2D eigenvalue weighted by atomic mass is 16.6. The Morgan fingerprint density at radius 3 is 2.59 bits per heavy atom. The van der Waals surface area contributed by atoms with Crippen LogP contribution in [-0.2, 0) is 0 Å². The normalized spacial score (nSPS) is 9.94. The van der Waals surface area contributed by atoms with Crippen molar-refractivity contribution in [2.24, 2.45) is 0 Å². The molecule has 0 aliphatic rings. The summed E-state index contributed by atoms with van der Waals surface area (Å²) in [4.78, 5) is 13.6. The number of pyridine rings is 1. The summed E-state index contributed by atoms with van der Waals surface area (Å²) in [5.74, 6) is 0.996. The van der Waals surface area contributed by atoms with Crippen LogP contribution in [0.15, 0.2) is 42.6 Å². The molecule has 5 nitrogen and oxygen atoms in total. The predicted molar refractivity (Wildman–Crippen MR) is 62.1 cm³/mol. The van der Waals surface area contributed by atoms with Gasteiger partial charge in [0, 0.05) is 6.07 Å². The summed E-state index contributed by atoms with van der Waals surface area (Å²) in [7, 11) is 0. The first kappa shape index (κ1) is 11.1. The number of hydrogen-bond donors (Lipinski definition) is 0. The van der Waals surface area contributed by atoms with Gasteiger partial charge in [-0.15, -0.1) is 0 Å². The fourth-order valence-corrected chi connectivity index (χ4v) is 1.34. The molecule has 0 spiro atoms. The fourth-order valence-electron chi connectivity index (χ4n) is 1.34. The lowest BCUT2D eigenvalue weighted by Gasteiger charge is -2.06. The standard InChI is InChI=1S/C12H10N2O3/c1-9-4-2-3-5-11(9)17-10-6-7-12(13-8-10)14(15)16/h2-8H,1H3. The third kappa shape index (κ3) is 2.57. The Bertz CT molecular complexity index is 538. The number of para-hydroxylation sites is 1. The SMILES string of the molecule is Cc1ccccc1Oc1ccc([N+](=O)[O-])nc1. The van der Waals surface area contributed by atoms with Gasteiger partial charge < -0.3 is 14.9 Å². The topological polar surface area (TPSA) is 65.3 Å². The summed E-state index contributed by atoms with van der Waals surface area (Å²) >= 11 is 0. The van der Waals surface area contributed by atoms with E-state index in [2.05, 4.69) is 4.98 Å². The van der Waals surface area contributed by atoms with Crippen molar-refractivity contribution in [2.75, 3.05) is 0 Å². The molecule has 0 fully saturated rings. The molecule has 0 unspecified atom stereocenters. The molecule has 2 rings (SSSR count). The van der Waals surface area contributed by atoms with Crippen molar-refractivity contribution < 1.29 is 9.66 Å². The fraction of sp³-hybridized carbons (Fsp3) is 0.0833. The smallest absolute Gasteiger partial charge is 0.363 e. The van der Waals surface area contributed by atoms with Gasteiger partial charge in [0.2, 0.25) is 0 Å². The quantitative estimate of drug-likeness (QED) is 0.600. The van der Waals surface area contributed by atoms with E-state index in [1.54, 1.807) is 0 Å². The first-order chi connectivity index (χ1) is 8.16. The van der Waals surface area contributed by atoms with E-state index in [-0.39, 0.29) is 5.82 Å². The molecule has 1 aromatic carbocycles. The first-order valence-corrected chi connectivity index (χ1v) is 5.01. The monoisotopic (exact) mass is 230 g/mol. The number of aromatic nitrogens is 1. The van der Waals surface area contributed by atoms with Gasteiger partial charge in [-0.1, -0.05) is 18.2 Å². The predicted octanol–water partition coefficient (Wildman–Crippen LogP) is 3.09. The summed E-state index contributed by atoms with van der Waals surface area (Å²) in [6, 6.07) is 10.4. The summed E-state index contributed by atoms with van der Waals surface area (Å²) < 4.78 is 5.56. The number of nitro groups is 1. The maximum absolute atomic E-state index is 10.4. The molecule has 0 atom stereocenters. The molecule has 0 bridgehead atoms. The molecule has 0 saturated carbocycles. The molecule has 0 radical (unpaired) electrons. The second-order valence-corrected chi connectivity index (χ2v) is 3.48. The van der Waals surface area contributed by atoms with E-state index >= 15 is 0 Å². The van der Waals surface area contributed by atoms with Crippen LogP contribution in [0.4, 0.5) is 5.82 Å². The van der Waals surface area contributed by atoms with E-state index in [4.69, 9.17) is 4.74 Å². The number of aryl methyl sites for hydroxylation is 1. The van der Waals surface area contributed by atoms with E-state index in [0.29, 0.717) is 11.5 Å². The van der Waals surface area contributed by atoms with Crippen LogP contribution in [0.2, 0.25) is 0 Å². The number of nitrogens with zero attached hydrogens (tertiary/aromatic N) is 2. The maximum atomic E-state index is 10.4. The highest BCUT2D eigenvalue weighted by molar-refractivity contribution is 5.37. The summed E-state index contributed by atoms with van der Waals surface area (Å²) in [5.41, 5.74) is 0.992. The lowest BCUT2D eigenvalue weighted by Crippen LogP contribution is -1.92. The van der Waals surface area contributed by atoms with Gasteiger partial charge in [0.15, 0.2) is 11.9 Å². The second kappa shape index (κ2) is 4.61. The van der Waals surface area contributed by atoms with Gasteiger partial charge in [-0.25, -0.2) is 0 Å². The first-order valence-electron chi connectivity index (χ1n) is 5.01. The van der Waals surface area contributed by atoms with Crippen LogP contribution in [0, 0.1) is 17.0 Å². The van der Waals surface area contributed by atoms with E-state index < -0.39 is 4.92 Å². The average molecular weight is 230 g/mol. The lowest BCUT2D eigenvalue weighted by molar-refractivity contribution is -0.389. The van der Waals surface area contributed by atoms with Crippen LogP contribution in [0.5, 0.6) is 11.5 Å². The van der Waals surface area contributed by atoms with Crippen molar-refractivity contribution in [3.05, 3.63) is 58.3 Å². The Kier molecular flexibility index (Phi) is 3.00. The van der Waals surface area contributed by atoms with E-state index in [9.17, 15) is 10.1 Å². The van der Waals surface area contributed by atoms with Gasteiger partial charge >= 0.3 is 5.82 Å². The minimum atomic E-state index is -0.544. The maximum Gasteiger partial charge on any atom is 0.363 e. The Morgan fingerprint density at radius 1 is 1.24 bits per heavy atom. The van der Waals surface area contributed by atoms with Crippen molar-refractivity contribution >= 4 is 5.82 Å². The van der Waals surface area contributed by atoms with E-state index in [0.717, 1.165) is 5.56 Å². The summed E-state index contributed by atoms with van der Waals surface area (Å²) in [6.07, 6.45) is 1.34. The third-order valence-electron chi connectivity index (χ3n) is 2.23. The number of ether oxygens (including phenoxy) is 1. The minimum Gasteiger partial charge on any atom is -0.453 e.